The van der Waals surface area contributed by atoms with Crippen LogP contribution in [0.2, 0.25) is 0 Å². The van der Waals surface area contributed by atoms with Gasteiger partial charge in [-0.15, -0.1) is 11.3 Å². The van der Waals surface area contributed by atoms with Crippen LogP contribution >= 0.6 is 11.3 Å². The van der Waals surface area contributed by atoms with E-state index in [1.54, 1.807) is 25.1 Å². The lowest BCUT2D eigenvalue weighted by atomic mass is 9.91. The summed E-state index contributed by atoms with van der Waals surface area (Å²) in [6.45, 7) is 2.80. The van der Waals surface area contributed by atoms with Crippen molar-refractivity contribution in [2.24, 2.45) is 0 Å². The highest BCUT2D eigenvalue weighted by molar-refractivity contribution is 7.18. The van der Waals surface area contributed by atoms with E-state index < -0.39 is 11.6 Å². The fraction of sp³-hybridized carbons (Fsp3) is 0.250. The SMILES string of the molecule is CC1(c2ccc3c(c2)OCCO3)NC(=O)N(Cc2nc3ccccc3s2)C1=O. The van der Waals surface area contributed by atoms with Crippen LogP contribution in [0, 0.1) is 0 Å². The molecule has 3 aromatic rings. The molecule has 1 fully saturated rings. The third-order valence-corrected chi connectivity index (χ3v) is 6.05. The molecule has 1 atom stereocenters. The Balaban J connectivity index is 1.44. The maximum Gasteiger partial charge on any atom is 0.325 e. The quantitative estimate of drug-likeness (QED) is 0.690. The lowest BCUT2D eigenvalue weighted by Crippen LogP contribution is -2.40. The molecule has 2 aliphatic heterocycles. The number of para-hydroxylation sites is 1. The van der Waals surface area contributed by atoms with E-state index in [1.165, 1.54) is 16.2 Å². The van der Waals surface area contributed by atoms with Crippen LogP contribution < -0.4 is 14.8 Å². The zero-order valence-electron chi connectivity index (χ0n) is 15.1. The third kappa shape index (κ3) is 2.60. The number of urea groups is 1. The number of amides is 3. The summed E-state index contributed by atoms with van der Waals surface area (Å²) in [6.07, 6.45) is 0. The molecule has 0 bridgehead atoms. The smallest absolute Gasteiger partial charge is 0.325 e. The Morgan fingerprint density at radius 2 is 1.93 bits per heavy atom. The van der Waals surface area contributed by atoms with Crippen molar-refractivity contribution >= 4 is 33.5 Å². The van der Waals surface area contributed by atoms with Crippen LogP contribution in [0.15, 0.2) is 42.5 Å². The maximum absolute atomic E-state index is 13.2. The molecule has 0 spiro atoms. The number of ether oxygens (including phenoxy) is 2. The molecule has 8 heteroatoms. The van der Waals surface area contributed by atoms with Gasteiger partial charge >= 0.3 is 6.03 Å². The van der Waals surface area contributed by atoms with Crippen molar-refractivity contribution in [2.45, 2.75) is 19.0 Å². The number of nitrogens with one attached hydrogen (secondary N) is 1. The van der Waals surface area contributed by atoms with Crippen molar-refractivity contribution in [2.75, 3.05) is 13.2 Å². The zero-order chi connectivity index (χ0) is 19.3. The number of thiazole rings is 1. The number of hydrogen-bond donors (Lipinski definition) is 1. The third-order valence-electron chi connectivity index (χ3n) is 5.03. The molecule has 3 amide bonds. The Morgan fingerprint density at radius 3 is 2.75 bits per heavy atom. The fourth-order valence-corrected chi connectivity index (χ4v) is 4.47. The molecule has 2 aliphatic rings. The molecule has 7 nitrogen and oxygen atoms in total. The van der Waals surface area contributed by atoms with Gasteiger partial charge < -0.3 is 14.8 Å². The van der Waals surface area contributed by atoms with E-state index >= 15 is 0 Å². The normalized spacial score (nSPS) is 21.2. The highest BCUT2D eigenvalue weighted by Gasteiger charge is 2.49. The molecule has 1 aromatic heterocycles. The van der Waals surface area contributed by atoms with Crippen molar-refractivity contribution in [1.82, 2.24) is 15.2 Å². The van der Waals surface area contributed by atoms with Crippen molar-refractivity contribution in [1.29, 1.82) is 0 Å². The average molecular weight is 395 g/mol. The number of aromatic nitrogens is 1. The van der Waals surface area contributed by atoms with Crippen molar-refractivity contribution in [3.63, 3.8) is 0 Å². The molecular formula is C20H17N3O4S. The average Bonchev–Trinajstić information content (AvgIpc) is 3.22. The van der Waals surface area contributed by atoms with Crippen LogP contribution in [0.5, 0.6) is 11.5 Å². The van der Waals surface area contributed by atoms with E-state index in [1.807, 2.05) is 24.3 Å². The summed E-state index contributed by atoms with van der Waals surface area (Å²) in [5.74, 6) is 0.909. The molecule has 28 heavy (non-hydrogen) atoms. The largest absolute Gasteiger partial charge is 0.486 e. The summed E-state index contributed by atoms with van der Waals surface area (Å²) in [4.78, 5) is 31.5. The number of carbonyl (C=O) groups is 2. The van der Waals surface area contributed by atoms with Crippen LogP contribution in [0.3, 0.4) is 0 Å². The molecule has 142 valence electrons. The lowest BCUT2D eigenvalue weighted by molar-refractivity contribution is -0.131. The highest BCUT2D eigenvalue weighted by atomic mass is 32.1. The second-order valence-electron chi connectivity index (χ2n) is 6.88. The van der Waals surface area contributed by atoms with Crippen LogP contribution in [-0.2, 0) is 16.9 Å². The topological polar surface area (TPSA) is 80.8 Å². The predicted molar refractivity (Wildman–Crippen MR) is 103 cm³/mol. The number of benzene rings is 2. The van der Waals surface area contributed by atoms with Gasteiger partial charge in [-0.25, -0.2) is 9.78 Å². The minimum Gasteiger partial charge on any atom is -0.486 e. The molecule has 0 radical (unpaired) electrons. The summed E-state index contributed by atoms with van der Waals surface area (Å²) in [6, 6.07) is 12.6. The van der Waals surface area contributed by atoms with E-state index in [0.717, 1.165) is 15.2 Å². The summed E-state index contributed by atoms with van der Waals surface area (Å²) < 4.78 is 12.2. The van der Waals surface area contributed by atoms with Crippen LogP contribution in [-0.4, -0.2) is 35.0 Å². The Kier molecular flexibility index (Phi) is 3.77. The van der Waals surface area contributed by atoms with E-state index in [4.69, 9.17) is 9.47 Å². The van der Waals surface area contributed by atoms with Crippen LogP contribution in [0.4, 0.5) is 4.79 Å². The van der Waals surface area contributed by atoms with Gasteiger partial charge in [0.15, 0.2) is 11.5 Å². The van der Waals surface area contributed by atoms with Gasteiger partial charge in [0.05, 0.1) is 16.8 Å². The van der Waals surface area contributed by atoms with E-state index in [-0.39, 0.29) is 12.5 Å². The molecule has 0 saturated carbocycles. The van der Waals surface area contributed by atoms with E-state index in [0.29, 0.717) is 30.3 Å². The van der Waals surface area contributed by atoms with Gasteiger partial charge in [-0.3, -0.25) is 9.69 Å². The van der Waals surface area contributed by atoms with Crippen molar-refractivity contribution in [3.05, 3.63) is 53.0 Å². The van der Waals surface area contributed by atoms with Gasteiger partial charge in [-0.1, -0.05) is 18.2 Å². The second-order valence-corrected chi connectivity index (χ2v) is 8.00. The minimum atomic E-state index is -1.16. The Labute approximate surface area is 164 Å². The molecule has 3 heterocycles. The van der Waals surface area contributed by atoms with Gasteiger partial charge in [0.1, 0.15) is 23.8 Å². The van der Waals surface area contributed by atoms with E-state index in [2.05, 4.69) is 10.3 Å². The van der Waals surface area contributed by atoms with Gasteiger partial charge in [-0.05, 0) is 36.8 Å². The van der Waals surface area contributed by atoms with Gasteiger partial charge in [-0.2, -0.15) is 0 Å². The standard InChI is InChI=1S/C20H17N3O4S/c1-20(12-6-7-14-15(10-12)27-9-8-26-14)18(24)23(19(25)22-20)11-17-21-13-4-2-3-5-16(13)28-17/h2-7,10H,8-9,11H2,1H3,(H,22,25). The van der Waals surface area contributed by atoms with E-state index in [9.17, 15) is 9.59 Å². The first-order valence-electron chi connectivity index (χ1n) is 8.93. The first-order chi connectivity index (χ1) is 13.5. The fourth-order valence-electron chi connectivity index (χ4n) is 3.51. The van der Waals surface area contributed by atoms with Crippen molar-refractivity contribution < 1.29 is 19.1 Å². The number of fused-ring (bicyclic) bond motifs is 2. The summed E-state index contributed by atoms with van der Waals surface area (Å²) >= 11 is 1.48. The first kappa shape index (κ1) is 17.0. The zero-order valence-corrected chi connectivity index (χ0v) is 15.9. The van der Waals surface area contributed by atoms with Gasteiger partial charge in [0.25, 0.3) is 5.91 Å². The molecule has 5 rings (SSSR count). The Morgan fingerprint density at radius 1 is 1.14 bits per heavy atom. The number of carbonyl (C=O) groups excluding carboxylic acids is 2. The summed E-state index contributed by atoms with van der Waals surface area (Å²) in [5.41, 5.74) is 0.356. The number of rotatable bonds is 3. The molecule has 2 aromatic carbocycles. The number of hydrogen-bond acceptors (Lipinski definition) is 6. The molecule has 1 N–H and O–H groups in total. The summed E-state index contributed by atoms with van der Waals surface area (Å²) in [5, 5.41) is 3.54. The molecule has 1 saturated heterocycles. The highest BCUT2D eigenvalue weighted by Crippen LogP contribution is 2.37. The van der Waals surface area contributed by atoms with Crippen molar-refractivity contribution in [3.8, 4) is 11.5 Å². The monoisotopic (exact) mass is 395 g/mol. The first-order valence-corrected chi connectivity index (χ1v) is 9.75. The minimum absolute atomic E-state index is 0.143. The molecule has 0 aliphatic carbocycles. The lowest BCUT2D eigenvalue weighted by Gasteiger charge is -2.25. The summed E-state index contributed by atoms with van der Waals surface area (Å²) in [7, 11) is 0. The second kappa shape index (κ2) is 6.20. The Hall–Kier alpha value is -3.13. The predicted octanol–water partition coefficient (Wildman–Crippen LogP) is 3.03. The molecular weight excluding hydrogens is 378 g/mol. The van der Waals surface area contributed by atoms with Gasteiger partial charge in [0, 0.05) is 0 Å². The van der Waals surface area contributed by atoms with Crippen LogP contribution in [0.1, 0.15) is 17.5 Å². The van der Waals surface area contributed by atoms with Crippen LogP contribution in [0.25, 0.3) is 10.2 Å². The maximum atomic E-state index is 13.2. The molecule has 1 unspecified atom stereocenters. The Bertz CT molecular complexity index is 1080. The van der Waals surface area contributed by atoms with Gasteiger partial charge in [0.2, 0.25) is 0 Å². The number of nitrogens with zero attached hydrogens (tertiary/aromatic N) is 2. The number of imide groups is 1.